The van der Waals surface area contributed by atoms with Gasteiger partial charge in [0.15, 0.2) is 0 Å². The van der Waals surface area contributed by atoms with Crippen LogP contribution in [0, 0.1) is 11.8 Å². The van der Waals surface area contributed by atoms with Crippen LogP contribution in [-0.2, 0) is 43.5 Å². The van der Waals surface area contributed by atoms with Crippen LogP contribution >= 0.6 is 0 Å². The van der Waals surface area contributed by atoms with E-state index < -0.39 is 18.3 Å². The van der Waals surface area contributed by atoms with Crippen molar-refractivity contribution in [3.63, 3.8) is 0 Å². The Hall–Kier alpha value is -5.51. The number of carbonyl (C=O) groups excluding carboxylic acids is 3. The molecule has 4 aliphatic rings. The molecule has 3 aromatic rings. The Morgan fingerprint density at radius 1 is 0.458 bits per heavy atom. The molecule has 83 heavy (non-hydrogen) atoms. The first-order valence-corrected chi connectivity index (χ1v) is 31.6. The highest BCUT2D eigenvalue weighted by Crippen LogP contribution is 2.23. The Balaban J connectivity index is 0.000000254. The third-order valence-corrected chi connectivity index (χ3v) is 15.4. The molecule has 3 fully saturated rings. The van der Waals surface area contributed by atoms with Gasteiger partial charge in [0.25, 0.3) is 0 Å². The van der Waals surface area contributed by atoms with Gasteiger partial charge in [0.1, 0.15) is 19.8 Å². The number of unbranched alkanes of at least 4 members (excludes halogenated alkanes) is 14. The highest BCUT2D eigenvalue weighted by molar-refractivity contribution is 5.69. The standard InChI is InChI=1S/C31H59NO2.C14H19NO2.C12H15NO4.C12H13NO2/c1-4-6-8-10-12-13-14-15-16-17-18-19-20-21-23-25-27-34-31-29-32(3)28-30(31)33-26-24-22-11-9-7-5-2;1-11-8-15(9-12(11)2)14(16)17-10-13-6-4-3-5-7-13;14-10-6-13(7-11(10)15)12(16)17-8-9-4-2-1-3-5-9;14-12(13-8-4-5-9-13)15-10-11-6-2-1-3-7-11/h12-13,15-16,30-31H,4-11,14,17-29H2,1-3H3;3-7,11-12H,8-10H2,1-2H3;1-5,10-11,14-15H,6-8H2;1-7H,8-10H2/b13-12-,16-15-;;;/t30-,31+;11-,12+;10-,11+;/m0.../s1. The lowest BCUT2D eigenvalue weighted by Crippen LogP contribution is -2.30. The van der Waals surface area contributed by atoms with Gasteiger partial charge in [0.2, 0.25) is 0 Å². The number of nitrogens with zero attached hydrogens (tertiary/aromatic N) is 4. The number of β-amino-alcohol motifs (C(OH)–C–C–N with tert-alkyl or cyclic N) is 2. The van der Waals surface area contributed by atoms with E-state index in [-0.39, 0.29) is 44.1 Å². The molecular weight excluding hydrogens is 1040 g/mol. The molecule has 2 N–H and O–H groups in total. The summed E-state index contributed by atoms with van der Waals surface area (Å²) in [6.07, 6.45) is 34.6. The summed E-state index contributed by atoms with van der Waals surface area (Å²) in [5, 5.41) is 18.6. The zero-order chi connectivity index (χ0) is 59.5. The van der Waals surface area contributed by atoms with Gasteiger partial charge in [-0.05, 0) is 80.5 Å². The van der Waals surface area contributed by atoms with Crippen molar-refractivity contribution in [3.8, 4) is 0 Å². The lowest BCUT2D eigenvalue weighted by Gasteiger charge is -2.20. The largest absolute Gasteiger partial charge is 0.445 e. The van der Waals surface area contributed by atoms with Crippen LogP contribution in [0.15, 0.2) is 127 Å². The number of likely N-dealkylation sites (tertiary alicyclic amines) is 3. The van der Waals surface area contributed by atoms with Gasteiger partial charge in [-0.3, -0.25) is 0 Å². The minimum atomic E-state index is -0.876. The molecule has 7 rings (SSSR count). The third kappa shape index (κ3) is 31.3. The quantitative estimate of drug-likeness (QED) is 0.0373. The van der Waals surface area contributed by atoms with E-state index in [0.29, 0.717) is 38.1 Å². The molecule has 0 saturated carbocycles. The van der Waals surface area contributed by atoms with Gasteiger partial charge in [-0.1, -0.05) is 226 Å². The van der Waals surface area contributed by atoms with Crippen LogP contribution in [0.2, 0.25) is 0 Å². The van der Waals surface area contributed by atoms with E-state index in [1.165, 1.54) is 114 Å². The lowest BCUT2D eigenvalue weighted by atomic mass is 10.0. The molecule has 0 bridgehead atoms. The topological polar surface area (TPSA) is 151 Å². The van der Waals surface area contributed by atoms with Gasteiger partial charge in [0.05, 0.1) is 37.5 Å². The Bertz CT molecular complexity index is 2110. The number of hydrogen-bond donors (Lipinski definition) is 2. The first kappa shape index (κ1) is 70.0. The summed E-state index contributed by atoms with van der Waals surface area (Å²) >= 11 is 0. The molecule has 14 nitrogen and oxygen atoms in total. The highest BCUT2D eigenvalue weighted by atomic mass is 16.6. The van der Waals surface area contributed by atoms with Gasteiger partial charge < -0.3 is 53.5 Å². The molecule has 14 heteroatoms. The molecule has 6 atom stereocenters. The maximum atomic E-state index is 11.8. The molecule has 0 unspecified atom stereocenters. The van der Waals surface area contributed by atoms with E-state index in [2.05, 4.69) is 63.9 Å². The Morgan fingerprint density at radius 3 is 1.23 bits per heavy atom. The number of allylic oxidation sites excluding steroid dienone is 4. The second kappa shape index (κ2) is 44.0. The van der Waals surface area contributed by atoms with Crippen molar-refractivity contribution >= 4 is 18.3 Å². The SMILES string of the molecule is CCCCC/C=C\C/C=C\CCCCCCCCO[C@@H]1CN(C)C[C@@H]1OCCCCCCCC.C[C@@H]1CN(C(=O)OCc2ccccc2)C[C@@H]1C.O=C(OCc1ccccc1)N1CC=CC1.O=C(OCc1ccccc1)N1C[C@@H](O)[C@@H](O)C1. The van der Waals surface area contributed by atoms with Crippen molar-refractivity contribution in [2.24, 2.45) is 11.8 Å². The van der Waals surface area contributed by atoms with Crippen molar-refractivity contribution in [2.75, 3.05) is 72.6 Å². The van der Waals surface area contributed by atoms with E-state index in [9.17, 15) is 24.6 Å². The predicted octanol–water partition coefficient (Wildman–Crippen LogP) is 14.3. The molecule has 4 heterocycles. The number of benzene rings is 3. The number of aliphatic hydroxyl groups excluding tert-OH is 2. The maximum Gasteiger partial charge on any atom is 0.410 e. The van der Waals surface area contributed by atoms with Gasteiger partial charge in [-0.25, -0.2) is 14.4 Å². The predicted molar refractivity (Wildman–Crippen MR) is 334 cm³/mol. The molecule has 0 radical (unpaired) electrons. The second-order valence-electron chi connectivity index (χ2n) is 22.8. The molecule has 3 aromatic carbocycles. The number of amides is 3. The smallest absolute Gasteiger partial charge is 0.410 e. The number of aliphatic hydroxyl groups is 2. The summed E-state index contributed by atoms with van der Waals surface area (Å²) in [7, 11) is 2.19. The van der Waals surface area contributed by atoms with Crippen LogP contribution < -0.4 is 0 Å². The summed E-state index contributed by atoms with van der Waals surface area (Å²) in [6.45, 7) is 16.8. The minimum Gasteiger partial charge on any atom is -0.445 e. The fourth-order valence-electron chi connectivity index (χ4n) is 9.94. The fourth-order valence-corrected chi connectivity index (χ4v) is 9.94. The van der Waals surface area contributed by atoms with Gasteiger partial charge in [0, 0.05) is 52.5 Å². The zero-order valence-corrected chi connectivity index (χ0v) is 51.5. The van der Waals surface area contributed by atoms with E-state index in [1.54, 1.807) is 9.80 Å². The van der Waals surface area contributed by atoms with Crippen molar-refractivity contribution in [2.45, 2.75) is 188 Å². The molecule has 3 amide bonds. The van der Waals surface area contributed by atoms with Crippen LogP contribution in [0.4, 0.5) is 14.4 Å². The van der Waals surface area contributed by atoms with Gasteiger partial charge >= 0.3 is 18.3 Å². The Kier molecular flexibility index (Phi) is 37.1. The fraction of sp³-hybridized carbons (Fsp3) is 0.609. The summed E-state index contributed by atoms with van der Waals surface area (Å²) in [4.78, 5) is 42.0. The lowest BCUT2D eigenvalue weighted by molar-refractivity contribution is -0.0481. The normalized spacial score (nSPS) is 20.2. The van der Waals surface area contributed by atoms with Gasteiger partial charge in [-0.15, -0.1) is 0 Å². The molecule has 0 aliphatic carbocycles. The molecular formula is C69H106N4O10. The summed E-state index contributed by atoms with van der Waals surface area (Å²) in [6, 6.07) is 28.8. The minimum absolute atomic E-state index is 0.120. The first-order valence-electron chi connectivity index (χ1n) is 31.6. The summed E-state index contributed by atoms with van der Waals surface area (Å²) in [5.41, 5.74) is 2.94. The average Bonchev–Trinajstić information content (AvgIpc) is 4.50. The molecule has 3 saturated heterocycles. The van der Waals surface area contributed by atoms with Crippen molar-refractivity contribution < 1.29 is 48.3 Å². The number of likely N-dealkylation sites (N-methyl/N-ethyl adjacent to an activating group) is 1. The molecule has 4 aliphatic heterocycles. The number of ether oxygens (including phenoxy) is 5. The zero-order valence-electron chi connectivity index (χ0n) is 51.5. The maximum absolute atomic E-state index is 11.8. The monoisotopic (exact) mass is 1150 g/mol. The van der Waals surface area contributed by atoms with E-state index in [0.717, 1.165) is 62.5 Å². The number of hydrogen-bond acceptors (Lipinski definition) is 11. The van der Waals surface area contributed by atoms with Gasteiger partial charge in [-0.2, -0.15) is 0 Å². The van der Waals surface area contributed by atoms with Crippen molar-refractivity contribution in [3.05, 3.63) is 144 Å². The van der Waals surface area contributed by atoms with E-state index in [1.807, 2.05) is 103 Å². The average molecular weight is 1150 g/mol. The van der Waals surface area contributed by atoms with Crippen LogP contribution in [0.5, 0.6) is 0 Å². The van der Waals surface area contributed by atoms with E-state index in [4.69, 9.17) is 23.7 Å². The van der Waals surface area contributed by atoms with Crippen LogP contribution in [0.1, 0.15) is 160 Å². The van der Waals surface area contributed by atoms with Crippen LogP contribution in [0.25, 0.3) is 0 Å². The first-order chi connectivity index (χ1) is 40.5. The van der Waals surface area contributed by atoms with Crippen molar-refractivity contribution in [1.29, 1.82) is 0 Å². The highest BCUT2D eigenvalue weighted by Gasteiger charge is 2.34. The van der Waals surface area contributed by atoms with Crippen LogP contribution in [0.3, 0.4) is 0 Å². The number of carbonyl (C=O) groups is 3. The Morgan fingerprint density at radius 2 is 0.807 bits per heavy atom. The third-order valence-electron chi connectivity index (χ3n) is 15.4. The Labute approximate surface area is 500 Å². The van der Waals surface area contributed by atoms with Crippen molar-refractivity contribution in [1.82, 2.24) is 19.6 Å². The molecule has 0 aromatic heterocycles. The second-order valence-corrected chi connectivity index (χ2v) is 22.8. The summed E-state index contributed by atoms with van der Waals surface area (Å²) in [5.74, 6) is 1.14. The molecule has 0 spiro atoms. The molecule has 462 valence electrons. The van der Waals surface area contributed by atoms with E-state index >= 15 is 0 Å². The van der Waals surface area contributed by atoms with Crippen LogP contribution in [-0.4, -0.2) is 145 Å². The summed E-state index contributed by atoms with van der Waals surface area (Å²) < 4.78 is 28.0. The number of rotatable bonds is 30.